The van der Waals surface area contributed by atoms with Crippen molar-refractivity contribution in [2.24, 2.45) is 11.7 Å². The molecule has 0 saturated heterocycles. The summed E-state index contributed by atoms with van der Waals surface area (Å²) in [7, 11) is 0. The Labute approximate surface area is 224 Å². The molecule has 0 spiro atoms. The summed E-state index contributed by atoms with van der Waals surface area (Å²) in [5, 5.41) is 4.25. The maximum absolute atomic E-state index is 14.3. The van der Waals surface area contributed by atoms with E-state index < -0.39 is 53.7 Å². The molecule has 2 atom stereocenters. The van der Waals surface area contributed by atoms with Gasteiger partial charge in [-0.05, 0) is 48.2 Å². The second-order valence-electron chi connectivity index (χ2n) is 9.63. The number of nitrogens with zero attached hydrogens (tertiary/aromatic N) is 3. The van der Waals surface area contributed by atoms with Gasteiger partial charge in [0.2, 0.25) is 18.0 Å². The Balaban J connectivity index is 1.81. The molecule has 11 heteroatoms. The van der Waals surface area contributed by atoms with E-state index in [-0.39, 0.29) is 30.5 Å². The fourth-order valence-corrected chi connectivity index (χ4v) is 4.64. The molecule has 0 saturated carbocycles. The number of ether oxygens (including phenoxy) is 2. The Kier molecular flexibility index (Phi) is 8.39. The third-order valence-electron chi connectivity index (χ3n) is 6.76. The summed E-state index contributed by atoms with van der Waals surface area (Å²) in [5.41, 5.74) is 6.02. The Bertz CT molecular complexity index is 1380. The molecular weight excluding hydrogens is 510 g/mol. The van der Waals surface area contributed by atoms with Crippen LogP contribution in [0.2, 0.25) is 0 Å². The van der Waals surface area contributed by atoms with Gasteiger partial charge in [-0.2, -0.15) is 5.10 Å². The van der Waals surface area contributed by atoms with E-state index in [0.717, 1.165) is 6.20 Å². The minimum Gasteiger partial charge on any atom is -0.451 e. The topological polar surface area (TPSA) is 117 Å². The number of hydrogen-bond donors (Lipinski definition) is 1. The highest BCUT2D eigenvalue weighted by atomic mass is 19.1. The Morgan fingerprint density at radius 1 is 1.10 bits per heavy atom. The smallest absolute Gasteiger partial charge is 0.326 e. The third-order valence-corrected chi connectivity index (χ3v) is 6.76. The monoisotopic (exact) mass is 540 g/mol. The third kappa shape index (κ3) is 5.83. The van der Waals surface area contributed by atoms with Crippen molar-refractivity contribution in [3.63, 3.8) is 0 Å². The highest BCUT2D eigenvalue weighted by Gasteiger charge is 2.40. The van der Waals surface area contributed by atoms with Gasteiger partial charge in [0, 0.05) is 19.0 Å². The lowest BCUT2D eigenvalue weighted by Gasteiger charge is -2.39. The van der Waals surface area contributed by atoms with Crippen LogP contribution in [0, 0.1) is 17.6 Å². The molecule has 4 rings (SSSR count). The number of nitrogens with two attached hydrogens (primary N) is 1. The fourth-order valence-electron chi connectivity index (χ4n) is 4.64. The number of halogens is 2. The van der Waals surface area contributed by atoms with Crippen molar-refractivity contribution >= 4 is 11.9 Å². The van der Waals surface area contributed by atoms with E-state index in [2.05, 4.69) is 5.10 Å². The molecule has 2 heterocycles. The summed E-state index contributed by atoms with van der Waals surface area (Å²) in [6.07, 6.45) is 0.997. The number of rotatable bonds is 9. The van der Waals surface area contributed by atoms with E-state index in [4.69, 9.17) is 15.2 Å². The van der Waals surface area contributed by atoms with Gasteiger partial charge in [-0.1, -0.05) is 38.1 Å². The van der Waals surface area contributed by atoms with E-state index in [9.17, 15) is 23.2 Å². The summed E-state index contributed by atoms with van der Waals surface area (Å²) in [6, 6.07) is 10.3. The average molecular weight is 541 g/mol. The molecule has 2 aromatic carbocycles. The van der Waals surface area contributed by atoms with Crippen LogP contribution in [0.15, 0.2) is 59.5 Å². The number of likely N-dealkylation sites (N-methyl/N-ethyl adjacent to an activating group) is 1. The van der Waals surface area contributed by atoms with E-state index in [0.29, 0.717) is 11.1 Å². The summed E-state index contributed by atoms with van der Waals surface area (Å²) >= 11 is 0. The SMILES string of the molecule is CCN1C[C@H](C(c2cccc(F)c2)c2cccc(F)c2)n2ncc(=O)c(OCOC(=O)C(N)C(C)C)c2C1=O. The molecule has 0 aliphatic carbocycles. The number of fused-ring (bicyclic) bond motifs is 1. The van der Waals surface area contributed by atoms with Gasteiger partial charge in [0.15, 0.2) is 5.69 Å². The molecule has 1 aromatic heterocycles. The van der Waals surface area contributed by atoms with Gasteiger partial charge < -0.3 is 20.1 Å². The molecule has 1 aliphatic rings. The fraction of sp³-hybridized carbons (Fsp3) is 0.357. The van der Waals surface area contributed by atoms with Crippen molar-refractivity contribution in [2.45, 2.75) is 38.8 Å². The second-order valence-corrected chi connectivity index (χ2v) is 9.63. The van der Waals surface area contributed by atoms with Crippen LogP contribution in [-0.2, 0) is 9.53 Å². The summed E-state index contributed by atoms with van der Waals surface area (Å²) < 4.78 is 40.7. The molecule has 3 aromatic rings. The molecule has 39 heavy (non-hydrogen) atoms. The number of aromatic nitrogens is 2. The minimum absolute atomic E-state index is 0.146. The number of esters is 1. The molecule has 0 fully saturated rings. The molecular formula is C28H30F2N4O5. The predicted molar refractivity (Wildman–Crippen MR) is 138 cm³/mol. The minimum atomic E-state index is -0.888. The first-order chi connectivity index (χ1) is 18.6. The number of carbonyl (C=O) groups is 2. The predicted octanol–water partition coefficient (Wildman–Crippen LogP) is 3.23. The van der Waals surface area contributed by atoms with Gasteiger partial charge in [0.25, 0.3) is 5.91 Å². The van der Waals surface area contributed by atoms with Crippen molar-refractivity contribution in [3.05, 3.63) is 93.4 Å². The van der Waals surface area contributed by atoms with E-state index >= 15 is 0 Å². The maximum Gasteiger partial charge on any atom is 0.326 e. The van der Waals surface area contributed by atoms with Crippen LogP contribution in [0.3, 0.4) is 0 Å². The molecule has 1 aliphatic heterocycles. The Morgan fingerprint density at radius 2 is 1.72 bits per heavy atom. The lowest BCUT2D eigenvalue weighted by Crippen LogP contribution is -2.47. The highest BCUT2D eigenvalue weighted by molar-refractivity contribution is 5.96. The zero-order valence-electron chi connectivity index (χ0n) is 21.8. The average Bonchev–Trinajstić information content (AvgIpc) is 2.90. The Hall–Kier alpha value is -4.12. The van der Waals surface area contributed by atoms with Crippen molar-refractivity contribution in [3.8, 4) is 5.75 Å². The van der Waals surface area contributed by atoms with E-state index in [1.54, 1.807) is 45.0 Å². The van der Waals surface area contributed by atoms with Crippen LogP contribution in [-0.4, -0.2) is 52.5 Å². The van der Waals surface area contributed by atoms with Crippen molar-refractivity contribution in [2.75, 3.05) is 19.9 Å². The van der Waals surface area contributed by atoms with Crippen LogP contribution < -0.4 is 15.9 Å². The largest absolute Gasteiger partial charge is 0.451 e. The van der Waals surface area contributed by atoms with Crippen LogP contribution in [0.1, 0.15) is 54.3 Å². The normalized spacial score (nSPS) is 15.8. The van der Waals surface area contributed by atoms with Crippen LogP contribution in [0.5, 0.6) is 5.75 Å². The highest BCUT2D eigenvalue weighted by Crippen LogP contribution is 2.39. The zero-order valence-corrected chi connectivity index (χ0v) is 21.8. The van der Waals surface area contributed by atoms with E-state index in [1.807, 2.05) is 0 Å². The second kappa shape index (κ2) is 11.7. The molecule has 9 nitrogen and oxygen atoms in total. The number of amides is 1. The molecule has 1 unspecified atom stereocenters. The van der Waals surface area contributed by atoms with Crippen molar-refractivity contribution in [1.29, 1.82) is 0 Å². The molecule has 0 radical (unpaired) electrons. The molecule has 0 bridgehead atoms. The first-order valence-corrected chi connectivity index (χ1v) is 12.6. The Morgan fingerprint density at radius 3 is 2.26 bits per heavy atom. The van der Waals surface area contributed by atoms with Crippen LogP contribution in [0.4, 0.5) is 8.78 Å². The van der Waals surface area contributed by atoms with Gasteiger partial charge >= 0.3 is 5.97 Å². The summed E-state index contributed by atoms with van der Waals surface area (Å²) in [4.78, 5) is 39.9. The lowest BCUT2D eigenvalue weighted by atomic mass is 9.83. The van der Waals surface area contributed by atoms with Crippen LogP contribution in [0.25, 0.3) is 0 Å². The van der Waals surface area contributed by atoms with Gasteiger partial charge in [-0.15, -0.1) is 0 Å². The quantitative estimate of drug-likeness (QED) is 0.327. The summed E-state index contributed by atoms with van der Waals surface area (Å²) in [5.74, 6) is -3.37. The number of benzene rings is 2. The first-order valence-electron chi connectivity index (χ1n) is 12.6. The first kappa shape index (κ1) is 27.9. The maximum atomic E-state index is 14.3. The van der Waals surface area contributed by atoms with Crippen molar-refractivity contribution < 1.29 is 27.8 Å². The summed E-state index contributed by atoms with van der Waals surface area (Å²) in [6.45, 7) is 5.07. The van der Waals surface area contributed by atoms with Gasteiger partial charge in [-0.25, -0.2) is 8.78 Å². The van der Waals surface area contributed by atoms with Gasteiger partial charge in [-0.3, -0.25) is 19.1 Å². The number of carbonyl (C=O) groups excluding carboxylic acids is 2. The van der Waals surface area contributed by atoms with E-state index in [1.165, 1.54) is 33.8 Å². The van der Waals surface area contributed by atoms with Gasteiger partial charge in [0.05, 0.1) is 12.2 Å². The van der Waals surface area contributed by atoms with Gasteiger partial charge in [0.1, 0.15) is 17.7 Å². The zero-order chi connectivity index (χ0) is 28.3. The molecule has 206 valence electrons. The standard InChI is InChI=1S/C28H30F2N4O5/c1-4-33-14-21(23(17-7-5-9-19(29)11-17)18-8-6-10-20(30)12-18)34-25(27(33)36)26(22(35)13-32-34)38-15-39-28(37)24(31)16(2)3/h5-13,16,21,23-24H,4,14-15,31H2,1-3H3/t21-,24?/m1/s1. The lowest BCUT2D eigenvalue weighted by molar-refractivity contribution is -0.152. The van der Waals surface area contributed by atoms with Crippen molar-refractivity contribution in [1.82, 2.24) is 14.7 Å². The molecule has 2 N–H and O–H groups in total. The van der Waals surface area contributed by atoms with Crippen LogP contribution >= 0.6 is 0 Å². The molecule has 1 amide bonds. The number of hydrogen-bond acceptors (Lipinski definition) is 7.